The van der Waals surface area contributed by atoms with Gasteiger partial charge in [0.1, 0.15) is 5.76 Å². The van der Waals surface area contributed by atoms with Crippen LogP contribution in [-0.2, 0) is 0 Å². The van der Waals surface area contributed by atoms with Crippen molar-refractivity contribution in [3.63, 3.8) is 0 Å². The summed E-state index contributed by atoms with van der Waals surface area (Å²) in [5.74, 6) is 1.75. The van der Waals surface area contributed by atoms with Crippen LogP contribution in [0.25, 0.3) is 0 Å². The minimum atomic E-state index is 0.330. The van der Waals surface area contributed by atoms with Crippen LogP contribution in [0.2, 0.25) is 0 Å². The largest absolute Gasteiger partial charge is 0.361 e. The maximum atomic E-state index is 5.23. The van der Waals surface area contributed by atoms with Crippen molar-refractivity contribution >= 4 is 0 Å². The van der Waals surface area contributed by atoms with E-state index < -0.39 is 0 Å². The van der Waals surface area contributed by atoms with Gasteiger partial charge in [-0.1, -0.05) is 5.16 Å². The van der Waals surface area contributed by atoms with Gasteiger partial charge in [-0.15, -0.1) is 0 Å². The van der Waals surface area contributed by atoms with Gasteiger partial charge < -0.3 is 14.7 Å². The van der Waals surface area contributed by atoms with Crippen LogP contribution in [0, 0.1) is 19.8 Å². The molecule has 0 saturated carbocycles. The SMILES string of the molecule is Cc1noc(C)c1C(C)NCC1CCN(C)CC1. The lowest BCUT2D eigenvalue weighted by atomic mass is 9.96. The van der Waals surface area contributed by atoms with E-state index in [1.165, 1.54) is 31.5 Å². The molecule has 1 N–H and O–H groups in total. The van der Waals surface area contributed by atoms with E-state index in [0.717, 1.165) is 23.9 Å². The first-order chi connectivity index (χ1) is 8.58. The summed E-state index contributed by atoms with van der Waals surface area (Å²) in [7, 11) is 2.20. The molecule has 0 spiro atoms. The molecule has 1 fully saturated rings. The van der Waals surface area contributed by atoms with Crippen molar-refractivity contribution in [2.45, 2.75) is 39.7 Å². The van der Waals surface area contributed by atoms with Crippen molar-refractivity contribution in [3.8, 4) is 0 Å². The summed E-state index contributed by atoms with van der Waals surface area (Å²) in [5, 5.41) is 7.65. The van der Waals surface area contributed by atoms with Gasteiger partial charge in [0.2, 0.25) is 0 Å². The fraction of sp³-hybridized carbons (Fsp3) is 0.786. The van der Waals surface area contributed by atoms with Gasteiger partial charge in [-0.3, -0.25) is 0 Å². The third-order valence-corrected chi connectivity index (χ3v) is 4.07. The number of rotatable bonds is 4. The number of aromatic nitrogens is 1. The number of likely N-dealkylation sites (tertiary alicyclic amines) is 1. The second-order valence-corrected chi connectivity index (χ2v) is 5.61. The highest BCUT2D eigenvalue weighted by atomic mass is 16.5. The summed E-state index contributed by atoms with van der Waals surface area (Å²) in [6, 6.07) is 0.330. The van der Waals surface area contributed by atoms with Crippen molar-refractivity contribution in [3.05, 3.63) is 17.0 Å². The predicted molar refractivity (Wildman–Crippen MR) is 72.6 cm³/mol. The summed E-state index contributed by atoms with van der Waals surface area (Å²) in [5.41, 5.74) is 2.24. The first-order valence-electron chi connectivity index (χ1n) is 6.92. The Balaban J connectivity index is 1.83. The Kier molecular flexibility index (Phi) is 4.40. The van der Waals surface area contributed by atoms with E-state index in [4.69, 9.17) is 4.52 Å². The molecule has 1 saturated heterocycles. The van der Waals surface area contributed by atoms with Crippen LogP contribution in [-0.4, -0.2) is 36.7 Å². The molecule has 1 atom stereocenters. The average Bonchev–Trinajstić information content (AvgIpc) is 2.68. The van der Waals surface area contributed by atoms with E-state index in [-0.39, 0.29) is 0 Å². The highest BCUT2D eigenvalue weighted by molar-refractivity contribution is 5.24. The summed E-state index contributed by atoms with van der Waals surface area (Å²) >= 11 is 0. The van der Waals surface area contributed by atoms with E-state index in [1.54, 1.807) is 0 Å². The van der Waals surface area contributed by atoms with E-state index in [0.29, 0.717) is 6.04 Å². The lowest BCUT2D eigenvalue weighted by Gasteiger charge is -2.29. The Bertz CT molecular complexity index is 361. The van der Waals surface area contributed by atoms with Crippen molar-refractivity contribution in [1.29, 1.82) is 0 Å². The smallest absolute Gasteiger partial charge is 0.138 e. The van der Waals surface area contributed by atoms with Crippen molar-refractivity contribution in [2.75, 3.05) is 26.7 Å². The molecule has 0 radical (unpaired) electrons. The molecule has 0 bridgehead atoms. The van der Waals surface area contributed by atoms with Gasteiger partial charge in [0.05, 0.1) is 5.69 Å². The molecule has 0 amide bonds. The number of nitrogens with one attached hydrogen (secondary N) is 1. The molecule has 4 nitrogen and oxygen atoms in total. The third kappa shape index (κ3) is 3.12. The number of piperidine rings is 1. The van der Waals surface area contributed by atoms with E-state index in [9.17, 15) is 0 Å². The average molecular weight is 251 g/mol. The molecule has 2 heterocycles. The molecule has 1 aliphatic rings. The van der Waals surface area contributed by atoms with Crippen LogP contribution in [0.3, 0.4) is 0 Å². The Labute approximate surface area is 110 Å². The molecule has 4 heteroatoms. The molecular formula is C14H25N3O. The van der Waals surface area contributed by atoms with Gasteiger partial charge >= 0.3 is 0 Å². The van der Waals surface area contributed by atoms with Crippen LogP contribution in [0.5, 0.6) is 0 Å². The molecule has 1 unspecified atom stereocenters. The maximum absolute atomic E-state index is 5.23. The number of nitrogens with zero attached hydrogens (tertiary/aromatic N) is 2. The molecule has 0 aromatic carbocycles. The molecule has 0 aliphatic carbocycles. The van der Waals surface area contributed by atoms with Crippen molar-refractivity contribution in [1.82, 2.24) is 15.4 Å². The molecule has 18 heavy (non-hydrogen) atoms. The summed E-state index contributed by atoms with van der Waals surface area (Å²) in [6.07, 6.45) is 2.61. The van der Waals surface area contributed by atoms with Gasteiger partial charge in [0.25, 0.3) is 0 Å². The lowest BCUT2D eigenvalue weighted by molar-refractivity contribution is 0.213. The molecular weight excluding hydrogens is 226 g/mol. The van der Waals surface area contributed by atoms with E-state index in [2.05, 4.69) is 29.3 Å². The van der Waals surface area contributed by atoms with Gasteiger partial charge in [0.15, 0.2) is 0 Å². The lowest BCUT2D eigenvalue weighted by Crippen LogP contribution is -2.35. The van der Waals surface area contributed by atoms with Crippen LogP contribution in [0.1, 0.15) is 42.8 Å². The zero-order chi connectivity index (χ0) is 13.1. The second-order valence-electron chi connectivity index (χ2n) is 5.61. The summed E-state index contributed by atoms with van der Waals surface area (Å²) in [6.45, 7) is 9.75. The standard InChI is InChI=1S/C14H25N3O/c1-10(14-11(2)16-18-12(14)3)15-9-13-5-7-17(4)8-6-13/h10,13,15H,5-9H2,1-4H3. The number of aryl methyl sites for hydroxylation is 2. The Morgan fingerprint density at radius 2 is 2.06 bits per heavy atom. The van der Waals surface area contributed by atoms with Gasteiger partial charge in [0, 0.05) is 11.6 Å². The third-order valence-electron chi connectivity index (χ3n) is 4.07. The quantitative estimate of drug-likeness (QED) is 0.891. The highest BCUT2D eigenvalue weighted by Crippen LogP contribution is 2.22. The fourth-order valence-electron chi connectivity index (χ4n) is 2.82. The topological polar surface area (TPSA) is 41.3 Å². The predicted octanol–water partition coefficient (Wildman–Crippen LogP) is 2.28. The van der Waals surface area contributed by atoms with E-state index >= 15 is 0 Å². The van der Waals surface area contributed by atoms with Gasteiger partial charge in [-0.2, -0.15) is 0 Å². The van der Waals surface area contributed by atoms with Crippen molar-refractivity contribution in [2.24, 2.45) is 5.92 Å². The minimum Gasteiger partial charge on any atom is -0.361 e. The highest BCUT2D eigenvalue weighted by Gasteiger charge is 2.20. The van der Waals surface area contributed by atoms with Crippen LogP contribution in [0.15, 0.2) is 4.52 Å². The Hall–Kier alpha value is -0.870. The number of hydrogen-bond donors (Lipinski definition) is 1. The molecule has 2 rings (SSSR count). The molecule has 1 aromatic rings. The van der Waals surface area contributed by atoms with E-state index in [1.807, 2.05) is 13.8 Å². The van der Waals surface area contributed by atoms with Crippen LogP contribution < -0.4 is 5.32 Å². The summed E-state index contributed by atoms with van der Waals surface area (Å²) in [4.78, 5) is 2.41. The van der Waals surface area contributed by atoms with Crippen LogP contribution >= 0.6 is 0 Å². The van der Waals surface area contributed by atoms with Gasteiger partial charge in [-0.05, 0) is 66.2 Å². The zero-order valence-corrected chi connectivity index (χ0v) is 12.0. The monoisotopic (exact) mass is 251 g/mol. The first-order valence-corrected chi connectivity index (χ1v) is 6.92. The number of hydrogen-bond acceptors (Lipinski definition) is 4. The molecule has 102 valence electrons. The van der Waals surface area contributed by atoms with Crippen LogP contribution in [0.4, 0.5) is 0 Å². The molecule has 1 aliphatic heterocycles. The second kappa shape index (κ2) is 5.85. The van der Waals surface area contributed by atoms with Crippen molar-refractivity contribution < 1.29 is 4.52 Å². The Morgan fingerprint density at radius 1 is 1.39 bits per heavy atom. The Morgan fingerprint density at radius 3 is 2.61 bits per heavy atom. The van der Waals surface area contributed by atoms with Gasteiger partial charge in [-0.25, -0.2) is 0 Å². The minimum absolute atomic E-state index is 0.330. The summed E-state index contributed by atoms with van der Waals surface area (Å²) < 4.78 is 5.23. The zero-order valence-electron chi connectivity index (χ0n) is 12.0. The maximum Gasteiger partial charge on any atom is 0.138 e. The molecule has 1 aromatic heterocycles. The first kappa shape index (κ1) is 13.6. The fourth-order valence-corrected chi connectivity index (χ4v) is 2.82. The normalized spacial score (nSPS) is 20.2.